The summed E-state index contributed by atoms with van der Waals surface area (Å²) in [6.45, 7) is 3.95. The normalized spacial score (nSPS) is 12.8. The second-order valence-corrected chi connectivity index (χ2v) is 3.15. The second-order valence-electron chi connectivity index (χ2n) is 3.15. The molecule has 1 aromatic heterocycles. The molecule has 1 heterocycles. The molecule has 1 rings (SSSR count). The Hall–Kier alpha value is -1.34. The van der Waals surface area contributed by atoms with Crippen LogP contribution in [0.3, 0.4) is 0 Å². The third-order valence-corrected chi connectivity index (χ3v) is 1.61. The first kappa shape index (κ1) is 9.75. The predicted molar refractivity (Wildman–Crippen MR) is 48.8 cm³/mol. The zero-order valence-corrected chi connectivity index (χ0v) is 7.82. The molecule has 0 aliphatic rings. The van der Waals surface area contributed by atoms with Gasteiger partial charge in [-0.3, -0.25) is 0 Å². The lowest BCUT2D eigenvalue weighted by Crippen LogP contribution is -2.09. The van der Waals surface area contributed by atoms with E-state index in [0.29, 0.717) is 18.2 Å². The SMILES string of the molecule is C#CC[C@H](N)c1nnc(C(C)C)o1. The fourth-order valence-electron chi connectivity index (χ4n) is 0.844. The van der Waals surface area contributed by atoms with Crippen LogP contribution in [0.1, 0.15) is 44.0 Å². The van der Waals surface area contributed by atoms with Gasteiger partial charge >= 0.3 is 0 Å². The van der Waals surface area contributed by atoms with Crippen molar-refractivity contribution in [3.05, 3.63) is 11.8 Å². The van der Waals surface area contributed by atoms with Crippen LogP contribution in [-0.4, -0.2) is 10.2 Å². The van der Waals surface area contributed by atoms with E-state index < -0.39 is 0 Å². The van der Waals surface area contributed by atoms with Gasteiger partial charge in [0.15, 0.2) is 0 Å². The van der Waals surface area contributed by atoms with Crippen LogP contribution in [0.2, 0.25) is 0 Å². The molecule has 0 amide bonds. The minimum Gasteiger partial charge on any atom is -0.423 e. The summed E-state index contributed by atoms with van der Waals surface area (Å²) in [4.78, 5) is 0. The fraction of sp³-hybridized carbons (Fsp3) is 0.556. The Bertz CT molecular complexity index is 311. The number of aromatic nitrogens is 2. The van der Waals surface area contributed by atoms with Gasteiger partial charge in [0.25, 0.3) is 0 Å². The summed E-state index contributed by atoms with van der Waals surface area (Å²) in [6.07, 6.45) is 5.53. The van der Waals surface area contributed by atoms with Crippen molar-refractivity contribution in [1.29, 1.82) is 0 Å². The van der Waals surface area contributed by atoms with E-state index in [0.717, 1.165) is 0 Å². The third kappa shape index (κ3) is 2.30. The Morgan fingerprint density at radius 2 is 2.08 bits per heavy atom. The van der Waals surface area contributed by atoms with Gasteiger partial charge in [0.05, 0.1) is 6.04 Å². The number of terminal acetylenes is 1. The van der Waals surface area contributed by atoms with Crippen LogP contribution in [-0.2, 0) is 0 Å². The van der Waals surface area contributed by atoms with Gasteiger partial charge in [-0.25, -0.2) is 0 Å². The van der Waals surface area contributed by atoms with Crippen LogP contribution in [0.5, 0.6) is 0 Å². The minimum absolute atomic E-state index is 0.222. The smallest absolute Gasteiger partial charge is 0.234 e. The summed E-state index contributed by atoms with van der Waals surface area (Å²) in [6, 6.07) is -0.343. The van der Waals surface area contributed by atoms with Crippen LogP contribution in [0.4, 0.5) is 0 Å². The van der Waals surface area contributed by atoms with Crippen LogP contribution in [0.25, 0.3) is 0 Å². The molecule has 2 N–H and O–H groups in total. The second kappa shape index (κ2) is 4.06. The maximum atomic E-state index is 5.68. The standard InChI is InChI=1S/C9H13N3O/c1-4-5-7(10)9-12-11-8(13-9)6(2)3/h1,6-7H,5,10H2,2-3H3/t7-/m0/s1. The van der Waals surface area contributed by atoms with Crippen LogP contribution >= 0.6 is 0 Å². The highest BCUT2D eigenvalue weighted by atomic mass is 16.4. The Kier molecular flexibility index (Phi) is 3.04. The van der Waals surface area contributed by atoms with Crippen molar-refractivity contribution in [2.75, 3.05) is 0 Å². The zero-order valence-electron chi connectivity index (χ0n) is 7.82. The van der Waals surface area contributed by atoms with E-state index in [-0.39, 0.29) is 12.0 Å². The summed E-state index contributed by atoms with van der Waals surface area (Å²) >= 11 is 0. The van der Waals surface area contributed by atoms with E-state index in [2.05, 4.69) is 16.1 Å². The molecule has 0 aromatic carbocycles. The van der Waals surface area contributed by atoms with E-state index in [1.807, 2.05) is 13.8 Å². The van der Waals surface area contributed by atoms with Gasteiger partial charge in [-0.05, 0) is 0 Å². The Morgan fingerprint density at radius 1 is 1.46 bits per heavy atom. The lowest BCUT2D eigenvalue weighted by molar-refractivity contribution is 0.406. The first-order valence-electron chi connectivity index (χ1n) is 4.17. The summed E-state index contributed by atoms with van der Waals surface area (Å²) in [5, 5.41) is 7.67. The van der Waals surface area contributed by atoms with Crippen molar-refractivity contribution in [2.24, 2.45) is 5.73 Å². The third-order valence-electron chi connectivity index (χ3n) is 1.61. The van der Waals surface area contributed by atoms with Gasteiger partial charge < -0.3 is 10.2 Å². The number of nitrogens with zero attached hydrogens (tertiary/aromatic N) is 2. The highest BCUT2D eigenvalue weighted by molar-refractivity contribution is 4.97. The predicted octanol–water partition coefficient (Wildman–Crippen LogP) is 1.22. The van der Waals surface area contributed by atoms with Gasteiger partial charge in [-0.2, -0.15) is 0 Å². The molecule has 0 fully saturated rings. The molecule has 0 spiro atoms. The van der Waals surface area contributed by atoms with E-state index in [1.54, 1.807) is 0 Å². The maximum absolute atomic E-state index is 5.68. The Balaban J connectivity index is 2.74. The summed E-state index contributed by atoms with van der Waals surface area (Å²) in [5.41, 5.74) is 5.68. The van der Waals surface area contributed by atoms with Gasteiger partial charge in [-0.1, -0.05) is 13.8 Å². The monoisotopic (exact) mass is 179 g/mol. The van der Waals surface area contributed by atoms with Crippen molar-refractivity contribution in [3.63, 3.8) is 0 Å². The van der Waals surface area contributed by atoms with Gasteiger partial charge in [-0.15, -0.1) is 22.5 Å². The molecule has 70 valence electrons. The zero-order chi connectivity index (χ0) is 9.84. The summed E-state index contributed by atoms with van der Waals surface area (Å²) in [7, 11) is 0. The van der Waals surface area contributed by atoms with Crippen molar-refractivity contribution in [2.45, 2.75) is 32.2 Å². The fourth-order valence-corrected chi connectivity index (χ4v) is 0.844. The number of nitrogens with two attached hydrogens (primary N) is 1. The molecule has 0 radical (unpaired) electrons. The molecule has 4 nitrogen and oxygen atoms in total. The van der Waals surface area contributed by atoms with Gasteiger partial charge in [0, 0.05) is 12.3 Å². The van der Waals surface area contributed by atoms with Gasteiger partial charge in [0.2, 0.25) is 11.8 Å². The molecule has 0 bridgehead atoms. The first-order valence-corrected chi connectivity index (χ1v) is 4.17. The molecule has 1 aromatic rings. The quantitative estimate of drug-likeness (QED) is 0.708. The highest BCUT2D eigenvalue weighted by Gasteiger charge is 2.14. The average molecular weight is 179 g/mol. The molecule has 13 heavy (non-hydrogen) atoms. The van der Waals surface area contributed by atoms with Crippen LogP contribution < -0.4 is 5.73 Å². The number of hydrogen-bond acceptors (Lipinski definition) is 4. The Morgan fingerprint density at radius 3 is 2.54 bits per heavy atom. The van der Waals surface area contributed by atoms with E-state index in [9.17, 15) is 0 Å². The molecule has 0 aliphatic carbocycles. The molecule has 4 heteroatoms. The molecular weight excluding hydrogens is 166 g/mol. The molecule has 1 atom stereocenters. The largest absolute Gasteiger partial charge is 0.423 e. The lowest BCUT2D eigenvalue weighted by Gasteiger charge is -2.00. The first-order chi connectivity index (χ1) is 6.15. The molecule has 0 saturated heterocycles. The van der Waals surface area contributed by atoms with Gasteiger partial charge in [0.1, 0.15) is 0 Å². The van der Waals surface area contributed by atoms with Crippen molar-refractivity contribution < 1.29 is 4.42 Å². The maximum Gasteiger partial charge on any atom is 0.234 e. The molecule has 0 unspecified atom stereocenters. The molecular formula is C9H13N3O. The molecule has 0 saturated carbocycles. The highest BCUT2D eigenvalue weighted by Crippen LogP contribution is 2.16. The number of rotatable bonds is 3. The van der Waals surface area contributed by atoms with E-state index >= 15 is 0 Å². The number of hydrogen-bond donors (Lipinski definition) is 1. The summed E-state index contributed by atoms with van der Waals surface area (Å²) < 4.78 is 5.32. The van der Waals surface area contributed by atoms with Crippen molar-refractivity contribution in [3.8, 4) is 12.3 Å². The van der Waals surface area contributed by atoms with Crippen molar-refractivity contribution >= 4 is 0 Å². The summed E-state index contributed by atoms with van der Waals surface area (Å²) in [5.74, 6) is 3.69. The Labute approximate surface area is 77.5 Å². The van der Waals surface area contributed by atoms with E-state index in [1.165, 1.54) is 0 Å². The van der Waals surface area contributed by atoms with Crippen LogP contribution in [0.15, 0.2) is 4.42 Å². The van der Waals surface area contributed by atoms with Crippen molar-refractivity contribution in [1.82, 2.24) is 10.2 Å². The van der Waals surface area contributed by atoms with E-state index in [4.69, 9.17) is 16.6 Å². The van der Waals surface area contributed by atoms with Crippen LogP contribution in [0, 0.1) is 12.3 Å². The topological polar surface area (TPSA) is 64.9 Å². The average Bonchev–Trinajstić information content (AvgIpc) is 2.52. The lowest BCUT2D eigenvalue weighted by atomic mass is 10.2. The minimum atomic E-state index is -0.343. The molecule has 0 aliphatic heterocycles.